The summed E-state index contributed by atoms with van der Waals surface area (Å²) >= 11 is 0. The Kier molecular flexibility index (Phi) is 5.66. The molecule has 0 N–H and O–H groups in total. The Morgan fingerprint density at radius 3 is 2.21 bits per heavy atom. The van der Waals surface area contributed by atoms with Crippen molar-refractivity contribution in [2.24, 2.45) is 0 Å². The van der Waals surface area contributed by atoms with Crippen LogP contribution >= 0.6 is 0 Å². The van der Waals surface area contributed by atoms with E-state index >= 15 is 0 Å². The van der Waals surface area contributed by atoms with E-state index in [1.807, 2.05) is 24.3 Å². The topological polar surface area (TPSA) is 35.5 Å². The Hall–Kier alpha value is -2.29. The number of hydrogen-bond donors (Lipinski definition) is 0. The van der Waals surface area contributed by atoms with Crippen molar-refractivity contribution in [1.82, 2.24) is 0 Å². The molecule has 0 amide bonds. The fourth-order valence-electron chi connectivity index (χ4n) is 2.59. The van der Waals surface area contributed by atoms with Gasteiger partial charge in [-0.15, -0.1) is 0 Å². The first-order valence-corrected chi connectivity index (χ1v) is 8.43. The van der Waals surface area contributed by atoms with E-state index < -0.39 is 5.60 Å². The summed E-state index contributed by atoms with van der Waals surface area (Å²) in [6.45, 7) is 9.86. The SMILES string of the molecule is CCOC(=O)C(C)(C)Oc1ccc(-c2ccc(C)c(CC)c2)cc1. The van der Waals surface area contributed by atoms with Crippen LogP contribution in [0, 0.1) is 6.92 Å². The molecule has 0 radical (unpaired) electrons. The minimum atomic E-state index is -1.00. The Morgan fingerprint density at radius 2 is 1.62 bits per heavy atom. The Labute approximate surface area is 144 Å². The molecule has 0 saturated carbocycles. The highest BCUT2D eigenvalue weighted by molar-refractivity contribution is 5.79. The van der Waals surface area contributed by atoms with E-state index in [0.29, 0.717) is 12.4 Å². The molecule has 0 aliphatic rings. The van der Waals surface area contributed by atoms with Crippen LogP contribution in [0.25, 0.3) is 11.1 Å². The van der Waals surface area contributed by atoms with Crippen molar-refractivity contribution in [1.29, 1.82) is 0 Å². The van der Waals surface area contributed by atoms with Gasteiger partial charge in [0, 0.05) is 0 Å². The third-order valence-electron chi connectivity index (χ3n) is 4.06. The van der Waals surface area contributed by atoms with E-state index in [-0.39, 0.29) is 5.97 Å². The molecule has 0 saturated heterocycles. The molecule has 0 fully saturated rings. The predicted octanol–water partition coefficient (Wildman–Crippen LogP) is 4.94. The molecular weight excluding hydrogens is 300 g/mol. The lowest BCUT2D eigenvalue weighted by Crippen LogP contribution is -2.39. The van der Waals surface area contributed by atoms with Crippen LogP contribution in [0.15, 0.2) is 42.5 Å². The minimum absolute atomic E-state index is 0.345. The molecule has 0 bridgehead atoms. The van der Waals surface area contributed by atoms with Crippen molar-refractivity contribution < 1.29 is 14.3 Å². The van der Waals surface area contributed by atoms with Gasteiger partial charge in [0.15, 0.2) is 5.60 Å². The lowest BCUT2D eigenvalue weighted by Gasteiger charge is -2.24. The predicted molar refractivity (Wildman–Crippen MR) is 97.3 cm³/mol. The monoisotopic (exact) mass is 326 g/mol. The number of rotatable bonds is 6. The second kappa shape index (κ2) is 7.52. The first-order chi connectivity index (χ1) is 11.4. The maximum atomic E-state index is 11.9. The molecule has 3 nitrogen and oxygen atoms in total. The maximum Gasteiger partial charge on any atom is 0.349 e. The van der Waals surface area contributed by atoms with Gasteiger partial charge in [-0.2, -0.15) is 0 Å². The number of ether oxygens (including phenoxy) is 2. The average molecular weight is 326 g/mol. The van der Waals surface area contributed by atoms with Crippen molar-refractivity contribution in [2.75, 3.05) is 6.61 Å². The molecule has 0 aromatic heterocycles. The molecule has 2 aromatic rings. The van der Waals surface area contributed by atoms with Gasteiger partial charge in [0.25, 0.3) is 0 Å². The number of carbonyl (C=O) groups excluding carboxylic acids is 1. The maximum absolute atomic E-state index is 11.9. The Balaban J connectivity index is 2.17. The zero-order valence-electron chi connectivity index (χ0n) is 15.2. The van der Waals surface area contributed by atoms with Crippen LogP contribution in [-0.2, 0) is 16.0 Å². The van der Waals surface area contributed by atoms with Gasteiger partial charge < -0.3 is 9.47 Å². The summed E-state index contributed by atoms with van der Waals surface area (Å²) in [6.07, 6.45) is 1.02. The summed E-state index contributed by atoms with van der Waals surface area (Å²) in [6, 6.07) is 14.3. The van der Waals surface area contributed by atoms with Crippen LogP contribution in [0.3, 0.4) is 0 Å². The zero-order chi connectivity index (χ0) is 17.7. The normalized spacial score (nSPS) is 11.2. The number of aryl methyl sites for hydroxylation is 2. The van der Waals surface area contributed by atoms with Crippen LogP contribution in [0.1, 0.15) is 38.8 Å². The van der Waals surface area contributed by atoms with E-state index in [2.05, 4.69) is 32.0 Å². The average Bonchev–Trinajstić information content (AvgIpc) is 2.56. The van der Waals surface area contributed by atoms with Gasteiger partial charge in [-0.05, 0) is 68.5 Å². The summed E-state index contributed by atoms with van der Waals surface area (Å²) in [5.41, 5.74) is 3.99. The molecule has 2 aromatic carbocycles. The fourth-order valence-corrected chi connectivity index (χ4v) is 2.59. The van der Waals surface area contributed by atoms with Crippen LogP contribution in [0.4, 0.5) is 0 Å². The summed E-state index contributed by atoms with van der Waals surface area (Å²) in [5.74, 6) is 0.292. The molecular formula is C21H26O3. The quantitative estimate of drug-likeness (QED) is 0.705. The van der Waals surface area contributed by atoms with Crippen LogP contribution in [0.5, 0.6) is 5.75 Å². The molecule has 3 heteroatoms. The second-order valence-electron chi connectivity index (χ2n) is 6.35. The molecule has 0 spiro atoms. The summed E-state index contributed by atoms with van der Waals surface area (Å²) < 4.78 is 10.8. The lowest BCUT2D eigenvalue weighted by molar-refractivity contribution is -0.158. The first kappa shape index (κ1) is 18.1. The zero-order valence-corrected chi connectivity index (χ0v) is 15.2. The number of carbonyl (C=O) groups is 1. The number of hydrogen-bond acceptors (Lipinski definition) is 3. The van der Waals surface area contributed by atoms with Crippen molar-refractivity contribution in [3.05, 3.63) is 53.6 Å². The van der Waals surface area contributed by atoms with Crippen LogP contribution in [-0.4, -0.2) is 18.2 Å². The molecule has 128 valence electrons. The smallest absolute Gasteiger partial charge is 0.349 e. The van der Waals surface area contributed by atoms with Gasteiger partial charge in [-0.1, -0.05) is 37.3 Å². The summed E-state index contributed by atoms with van der Waals surface area (Å²) in [7, 11) is 0. The number of esters is 1. The van der Waals surface area contributed by atoms with Crippen LogP contribution < -0.4 is 4.74 Å². The summed E-state index contributed by atoms with van der Waals surface area (Å²) in [5, 5.41) is 0. The molecule has 0 atom stereocenters. The van der Waals surface area contributed by atoms with E-state index in [1.165, 1.54) is 16.7 Å². The van der Waals surface area contributed by atoms with Gasteiger partial charge >= 0.3 is 5.97 Å². The van der Waals surface area contributed by atoms with E-state index in [0.717, 1.165) is 12.0 Å². The standard InChI is InChI=1S/C21H26O3/c1-6-16-14-18(9-8-15(16)3)17-10-12-19(13-11-17)24-21(4,5)20(22)23-7-2/h8-14H,6-7H2,1-5H3. The third-order valence-corrected chi connectivity index (χ3v) is 4.06. The van der Waals surface area contributed by atoms with E-state index in [4.69, 9.17) is 9.47 Å². The summed E-state index contributed by atoms with van der Waals surface area (Å²) in [4.78, 5) is 11.9. The van der Waals surface area contributed by atoms with E-state index in [1.54, 1.807) is 20.8 Å². The highest BCUT2D eigenvalue weighted by atomic mass is 16.6. The van der Waals surface area contributed by atoms with E-state index in [9.17, 15) is 4.79 Å². The third kappa shape index (κ3) is 4.16. The largest absolute Gasteiger partial charge is 0.476 e. The van der Waals surface area contributed by atoms with Gasteiger partial charge in [0.1, 0.15) is 5.75 Å². The molecule has 0 heterocycles. The molecule has 0 unspecified atom stereocenters. The molecule has 0 aliphatic carbocycles. The molecule has 0 aliphatic heterocycles. The first-order valence-electron chi connectivity index (χ1n) is 8.43. The van der Waals surface area contributed by atoms with Crippen molar-refractivity contribution >= 4 is 5.97 Å². The Morgan fingerprint density at radius 1 is 1.00 bits per heavy atom. The van der Waals surface area contributed by atoms with Gasteiger partial charge in [0.2, 0.25) is 0 Å². The van der Waals surface area contributed by atoms with Crippen LogP contribution in [0.2, 0.25) is 0 Å². The highest BCUT2D eigenvalue weighted by Crippen LogP contribution is 2.27. The number of benzene rings is 2. The fraction of sp³-hybridized carbons (Fsp3) is 0.381. The van der Waals surface area contributed by atoms with Gasteiger partial charge in [0.05, 0.1) is 6.61 Å². The second-order valence-corrected chi connectivity index (χ2v) is 6.35. The lowest BCUT2D eigenvalue weighted by atomic mass is 9.98. The van der Waals surface area contributed by atoms with Crippen molar-refractivity contribution in [3.63, 3.8) is 0 Å². The minimum Gasteiger partial charge on any atom is -0.476 e. The van der Waals surface area contributed by atoms with Crippen molar-refractivity contribution in [2.45, 2.75) is 46.6 Å². The van der Waals surface area contributed by atoms with Crippen molar-refractivity contribution in [3.8, 4) is 16.9 Å². The van der Waals surface area contributed by atoms with Gasteiger partial charge in [-0.25, -0.2) is 4.79 Å². The Bertz CT molecular complexity index is 700. The van der Waals surface area contributed by atoms with Gasteiger partial charge in [-0.3, -0.25) is 0 Å². The highest BCUT2D eigenvalue weighted by Gasteiger charge is 2.31. The molecule has 24 heavy (non-hydrogen) atoms. The molecule has 2 rings (SSSR count).